The van der Waals surface area contributed by atoms with Crippen LogP contribution in [-0.4, -0.2) is 49.8 Å². The van der Waals surface area contributed by atoms with E-state index in [9.17, 15) is 9.59 Å². The summed E-state index contributed by atoms with van der Waals surface area (Å²) in [6.07, 6.45) is 1.92. The molecular weight excluding hydrogens is 272 g/mol. The molecule has 0 aromatic heterocycles. The summed E-state index contributed by atoms with van der Waals surface area (Å²) in [4.78, 5) is 23.9. The van der Waals surface area contributed by atoms with E-state index in [0.29, 0.717) is 6.54 Å². The number of hydrogen-bond acceptors (Lipinski definition) is 4. The van der Waals surface area contributed by atoms with E-state index in [1.54, 1.807) is 0 Å². The molecule has 1 aliphatic rings. The van der Waals surface area contributed by atoms with Crippen LogP contribution < -0.4 is 10.2 Å². The van der Waals surface area contributed by atoms with E-state index in [2.05, 4.69) is 28.4 Å². The van der Waals surface area contributed by atoms with Crippen LogP contribution in [0.2, 0.25) is 0 Å². The van der Waals surface area contributed by atoms with Crippen molar-refractivity contribution in [3.8, 4) is 0 Å². The topological polar surface area (TPSA) is 78.9 Å². The van der Waals surface area contributed by atoms with Crippen LogP contribution in [0, 0.1) is 0 Å². The fraction of sp³-hybridized carbons (Fsp3) is 0.467. The summed E-state index contributed by atoms with van der Waals surface area (Å²) in [5.74, 6) is -1.35. The Bertz CT molecular complexity index is 504. The summed E-state index contributed by atoms with van der Waals surface area (Å²) in [5.41, 5.74) is 2.66. The standard InChI is InChI=1S/C15H20N2O4/c18-14(10-21-11-15(19)20)16-7-3-8-17-9-6-12-4-1-2-5-13(12)17/h1-2,4-5H,3,6-11H2,(H,16,18)(H,19,20). The van der Waals surface area contributed by atoms with Gasteiger partial charge >= 0.3 is 5.97 Å². The molecule has 0 atom stereocenters. The summed E-state index contributed by atoms with van der Waals surface area (Å²) < 4.78 is 4.71. The van der Waals surface area contributed by atoms with Crippen LogP contribution in [0.25, 0.3) is 0 Å². The van der Waals surface area contributed by atoms with Crippen LogP contribution in [0.1, 0.15) is 12.0 Å². The predicted molar refractivity (Wildman–Crippen MR) is 78.4 cm³/mol. The number of carbonyl (C=O) groups excluding carboxylic acids is 1. The second kappa shape index (κ2) is 7.64. The smallest absolute Gasteiger partial charge is 0.329 e. The highest BCUT2D eigenvalue weighted by atomic mass is 16.5. The van der Waals surface area contributed by atoms with Gasteiger partial charge in [-0.3, -0.25) is 4.79 Å². The number of anilines is 1. The lowest BCUT2D eigenvalue weighted by atomic mass is 10.2. The number of aliphatic carboxylic acids is 1. The van der Waals surface area contributed by atoms with Gasteiger partial charge in [-0.05, 0) is 24.5 Å². The number of carboxylic acids is 1. The van der Waals surface area contributed by atoms with Crippen molar-refractivity contribution in [2.24, 2.45) is 0 Å². The van der Waals surface area contributed by atoms with E-state index >= 15 is 0 Å². The first-order valence-corrected chi connectivity index (χ1v) is 7.06. The number of para-hydroxylation sites is 1. The summed E-state index contributed by atoms with van der Waals surface area (Å²) in [5, 5.41) is 11.1. The average Bonchev–Trinajstić information content (AvgIpc) is 2.86. The van der Waals surface area contributed by atoms with Gasteiger partial charge in [0, 0.05) is 25.3 Å². The highest BCUT2D eigenvalue weighted by molar-refractivity contribution is 5.77. The first-order chi connectivity index (χ1) is 10.2. The third kappa shape index (κ3) is 4.75. The number of amides is 1. The molecule has 6 heteroatoms. The molecule has 0 bridgehead atoms. The quantitative estimate of drug-likeness (QED) is 0.688. The number of ether oxygens (including phenoxy) is 1. The minimum Gasteiger partial charge on any atom is -0.480 e. The maximum Gasteiger partial charge on any atom is 0.329 e. The van der Waals surface area contributed by atoms with Crippen LogP contribution in [0.3, 0.4) is 0 Å². The molecule has 2 N–H and O–H groups in total. The Hall–Kier alpha value is -2.08. The maximum absolute atomic E-state index is 11.4. The molecule has 1 aromatic rings. The Morgan fingerprint density at radius 2 is 2.10 bits per heavy atom. The molecule has 0 unspecified atom stereocenters. The lowest BCUT2D eigenvalue weighted by molar-refractivity contribution is -0.143. The van der Waals surface area contributed by atoms with Crippen LogP contribution in [0.15, 0.2) is 24.3 Å². The van der Waals surface area contributed by atoms with Gasteiger partial charge in [0.05, 0.1) is 0 Å². The van der Waals surface area contributed by atoms with Crippen molar-refractivity contribution in [3.63, 3.8) is 0 Å². The molecule has 21 heavy (non-hydrogen) atoms. The van der Waals surface area contributed by atoms with Gasteiger partial charge in [0.1, 0.15) is 13.2 Å². The molecule has 0 saturated heterocycles. The zero-order valence-electron chi connectivity index (χ0n) is 11.9. The maximum atomic E-state index is 11.4. The minimum absolute atomic E-state index is 0.209. The minimum atomic E-state index is -1.07. The van der Waals surface area contributed by atoms with E-state index in [-0.39, 0.29) is 12.5 Å². The van der Waals surface area contributed by atoms with Crippen molar-refractivity contribution in [2.45, 2.75) is 12.8 Å². The zero-order valence-corrected chi connectivity index (χ0v) is 11.9. The van der Waals surface area contributed by atoms with Crippen LogP contribution in [0.5, 0.6) is 0 Å². The zero-order chi connectivity index (χ0) is 15.1. The van der Waals surface area contributed by atoms with E-state index in [4.69, 9.17) is 9.84 Å². The van der Waals surface area contributed by atoms with Crippen molar-refractivity contribution >= 4 is 17.6 Å². The highest BCUT2D eigenvalue weighted by Crippen LogP contribution is 2.27. The van der Waals surface area contributed by atoms with E-state index in [1.165, 1.54) is 11.3 Å². The van der Waals surface area contributed by atoms with Crippen molar-refractivity contribution < 1.29 is 19.4 Å². The molecule has 6 nitrogen and oxygen atoms in total. The van der Waals surface area contributed by atoms with Gasteiger partial charge in [0.2, 0.25) is 5.91 Å². The fourth-order valence-electron chi connectivity index (χ4n) is 2.42. The van der Waals surface area contributed by atoms with Gasteiger partial charge in [0.25, 0.3) is 0 Å². The monoisotopic (exact) mass is 292 g/mol. The molecule has 0 radical (unpaired) electrons. The van der Waals surface area contributed by atoms with Crippen LogP contribution in [0.4, 0.5) is 5.69 Å². The Labute approximate surface area is 123 Å². The van der Waals surface area contributed by atoms with E-state index in [0.717, 1.165) is 25.9 Å². The second-order valence-corrected chi connectivity index (χ2v) is 4.96. The molecule has 0 aliphatic carbocycles. The average molecular weight is 292 g/mol. The van der Waals surface area contributed by atoms with Gasteiger partial charge in [0.15, 0.2) is 0 Å². The van der Waals surface area contributed by atoms with Crippen molar-refractivity contribution in [1.29, 1.82) is 0 Å². The Balaban J connectivity index is 1.60. The summed E-state index contributed by atoms with van der Waals surface area (Å²) >= 11 is 0. The van der Waals surface area contributed by atoms with Gasteiger partial charge in [-0.1, -0.05) is 18.2 Å². The number of nitrogens with one attached hydrogen (secondary N) is 1. The van der Waals surface area contributed by atoms with Crippen LogP contribution >= 0.6 is 0 Å². The fourth-order valence-corrected chi connectivity index (χ4v) is 2.42. The van der Waals surface area contributed by atoms with Gasteiger partial charge < -0.3 is 20.1 Å². The second-order valence-electron chi connectivity index (χ2n) is 4.96. The number of fused-ring (bicyclic) bond motifs is 1. The van der Waals surface area contributed by atoms with Gasteiger partial charge in [-0.2, -0.15) is 0 Å². The van der Waals surface area contributed by atoms with Crippen molar-refractivity contribution in [2.75, 3.05) is 37.7 Å². The summed E-state index contributed by atoms with van der Waals surface area (Å²) in [6.45, 7) is 1.83. The number of nitrogens with zero attached hydrogens (tertiary/aromatic N) is 1. The molecule has 1 aromatic carbocycles. The molecule has 0 fully saturated rings. The molecule has 114 valence electrons. The molecule has 1 amide bonds. The SMILES string of the molecule is O=C(O)COCC(=O)NCCCN1CCc2ccccc21. The third-order valence-corrected chi connectivity index (χ3v) is 3.37. The number of benzene rings is 1. The largest absolute Gasteiger partial charge is 0.480 e. The normalized spacial score (nSPS) is 13.0. The van der Waals surface area contributed by atoms with Crippen molar-refractivity contribution in [3.05, 3.63) is 29.8 Å². The number of carbonyl (C=O) groups is 2. The summed E-state index contributed by atoms with van der Waals surface area (Å²) in [7, 11) is 0. The van der Waals surface area contributed by atoms with Gasteiger partial charge in [-0.15, -0.1) is 0 Å². The van der Waals surface area contributed by atoms with E-state index < -0.39 is 12.6 Å². The lowest BCUT2D eigenvalue weighted by Crippen LogP contribution is -2.32. The predicted octanol–water partition coefficient (Wildman–Crippen LogP) is 0.657. The molecule has 0 spiro atoms. The molecule has 0 saturated carbocycles. The van der Waals surface area contributed by atoms with E-state index in [1.807, 2.05) is 6.07 Å². The molecular formula is C15H20N2O4. The Morgan fingerprint density at radius 3 is 2.90 bits per heavy atom. The summed E-state index contributed by atoms with van der Waals surface area (Å²) in [6, 6.07) is 8.37. The number of carboxylic acid groups (broad SMARTS) is 1. The molecule has 1 aliphatic heterocycles. The first-order valence-electron chi connectivity index (χ1n) is 7.06. The molecule has 1 heterocycles. The highest BCUT2D eigenvalue weighted by Gasteiger charge is 2.17. The Morgan fingerprint density at radius 1 is 1.29 bits per heavy atom. The lowest BCUT2D eigenvalue weighted by Gasteiger charge is -2.19. The number of rotatable bonds is 8. The first kappa shape index (κ1) is 15.3. The number of hydrogen-bond donors (Lipinski definition) is 2. The van der Waals surface area contributed by atoms with Gasteiger partial charge in [-0.25, -0.2) is 4.79 Å². The van der Waals surface area contributed by atoms with Crippen molar-refractivity contribution in [1.82, 2.24) is 5.32 Å². The third-order valence-electron chi connectivity index (χ3n) is 3.37. The molecule has 2 rings (SSSR count). The Kier molecular flexibility index (Phi) is 5.57. The van der Waals surface area contributed by atoms with Crippen LogP contribution in [-0.2, 0) is 20.7 Å².